The molecular weight excluding hydrogens is 316 g/mol. The lowest BCUT2D eigenvalue weighted by molar-refractivity contribution is 0.0950. The number of nitrogens with zero attached hydrogens (tertiary/aromatic N) is 2. The predicted molar refractivity (Wildman–Crippen MR) is 95.3 cm³/mol. The zero-order chi connectivity index (χ0) is 17.1. The highest BCUT2D eigenvalue weighted by molar-refractivity contribution is 6.00. The molecule has 2 aromatic carbocycles. The molecule has 1 amide bonds. The number of carbonyl (C=O) groups excluding carboxylic acids is 1. The molecule has 0 radical (unpaired) electrons. The Morgan fingerprint density at radius 1 is 1.12 bits per heavy atom. The summed E-state index contributed by atoms with van der Waals surface area (Å²) >= 11 is 0. The Kier molecular flexibility index (Phi) is 3.84. The fraction of sp³-hybridized carbons (Fsp3) is 0. The first-order chi connectivity index (χ1) is 12.3. The standard InChI is InChI=1S/C19H14N4O2/c24-19(17-11-16(21-22-17)18-9-4-10-25-18)23-20-12-14-7-3-6-13-5-1-2-8-15(13)14/h1-12H,(H,21,22)(H,23,24)/b20-12-. The highest BCUT2D eigenvalue weighted by atomic mass is 16.3. The largest absolute Gasteiger partial charge is 0.463 e. The minimum atomic E-state index is -0.398. The molecular formula is C19H14N4O2. The third kappa shape index (κ3) is 3.05. The van der Waals surface area contributed by atoms with Crippen molar-refractivity contribution >= 4 is 22.9 Å². The molecule has 4 aromatic rings. The molecule has 0 unspecified atom stereocenters. The number of carbonyl (C=O) groups is 1. The molecule has 0 aliphatic carbocycles. The maximum absolute atomic E-state index is 12.1. The Morgan fingerprint density at radius 2 is 2.00 bits per heavy atom. The van der Waals surface area contributed by atoms with Crippen molar-refractivity contribution in [3.05, 3.63) is 78.2 Å². The van der Waals surface area contributed by atoms with Crippen LogP contribution in [-0.4, -0.2) is 22.3 Å². The number of benzene rings is 2. The van der Waals surface area contributed by atoms with E-state index in [0.717, 1.165) is 16.3 Å². The maximum atomic E-state index is 12.1. The van der Waals surface area contributed by atoms with Gasteiger partial charge < -0.3 is 4.42 Å². The lowest BCUT2D eigenvalue weighted by atomic mass is 10.1. The van der Waals surface area contributed by atoms with Gasteiger partial charge in [-0.15, -0.1) is 0 Å². The molecule has 2 aromatic heterocycles. The topological polar surface area (TPSA) is 83.3 Å². The average molecular weight is 330 g/mol. The Bertz CT molecular complexity index is 1040. The van der Waals surface area contributed by atoms with Crippen molar-refractivity contribution < 1.29 is 9.21 Å². The van der Waals surface area contributed by atoms with Crippen LogP contribution in [0.3, 0.4) is 0 Å². The van der Waals surface area contributed by atoms with E-state index in [-0.39, 0.29) is 5.69 Å². The highest BCUT2D eigenvalue weighted by Crippen LogP contribution is 2.18. The van der Waals surface area contributed by atoms with E-state index in [1.54, 1.807) is 30.7 Å². The highest BCUT2D eigenvalue weighted by Gasteiger charge is 2.11. The zero-order valence-electron chi connectivity index (χ0n) is 13.1. The number of fused-ring (bicyclic) bond motifs is 1. The van der Waals surface area contributed by atoms with Crippen molar-refractivity contribution in [3.8, 4) is 11.5 Å². The van der Waals surface area contributed by atoms with Gasteiger partial charge in [0.1, 0.15) is 5.69 Å². The molecule has 0 saturated heterocycles. The fourth-order valence-corrected chi connectivity index (χ4v) is 2.58. The fourth-order valence-electron chi connectivity index (χ4n) is 2.58. The molecule has 25 heavy (non-hydrogen) atoms. The molecule has 0 bridgehead atoms. The average Bonchev–Trinajstić information content (AvgIpc) is 3.33. The second-order valence-corrected chi connectivity index (χ2v) is 5.41. The number of hydrogen-bond acceptors (Lipinski definition) is 4. The van der Waals surface area contributed by atoms with Crippen molar-refractivity contribution in [2.24, 2.45) is 5.10 Å². The van der Waals surface area contributed by atoms with Gasteiger partial charge in [-0.2, -0.15) is 10.2 Å². The minimum absolute atomic E-state index is 0.237. The summed E-state index contributed by atoms with van der Waals surface area (Å²) in [5, 5.41) is 13.0. The quantitative estimate of drug-likeness (QED) is 0.443. The van der Waals surface area contributed by atoms with E-state index in [9.17, 15) is 4.79 Å². The Morgan fingerprint density at radius 3 is 2.88 bits per heavy atom. The molecule has 2 heterocycles. The summed E-state index contributed by atoms with van der Waals surface area (Å²) in [4.78, 5) is 12.1. The second kappa shape index (κ2) is 6.45. The van der Waals surface area contributed by atoms with Crippen LogP contribution in [0.4, 0.5) is 0 Å². The van der Waals surface area contributed by atoms with Crippen molar-refractivity contribution in [1.82, 2.24) is 15.6 Å². The molecule has 122 valence electrons. The van der Waals surface area contributed by atoms with Crippen LogP contribution in [0, 0.1) is 0 Å². The van der Waals surface area contributed by atoms with E-state index in [2.05, 4.69) is 20.7 Å². The number of amides is 1. The first-order valence-electron chi connectivity index (χ1n) is 7.72. The van der Waals surface area contributed by atoms with Gasteiger partial charge in [-0.1, -0.05) is 42.5 Å². The van der Waals surface area contributed by atoms with Crippen LogP contribution in [0.1, 0.15) is 16.1 Å². The normalized spacial score (nSPS) is 11.2. The van der Waals surface area contributed by atoms with E-state index in [4.69, 9.17) is 4.42 Å². The molecule has 0 saturated carbocycles. The second-order valence-electron chi connectivity index (χ2n) is 5.41. The van der Waals surface area contributed by atoms with Gasteiger partial charge in [-0.05, 0) is 22.9 Å². The summed E-state index contributed by atoms with van der Waals surface area (Å²) in [6, 6.07) is 19.1. The van der Waals surface area contributed by atoms with Gasteiger partial charge in [0, 0.05) is 11.6 Å². The summed E-state index contributed by atoms with van der Waals surface area (Å²) in [6.45, 7) is 0. The van der Waals surface area contributed by atoms with Gasteiger partial charge in [0.05, 0.1) is 12.5 Å². The first-order valence-corrected chi connectivity index (χ1v) is 7.72. The zero-order valence-corrected chi connectivity index (χ0v) is 13.1. The molecule has 0 atom stereocenters. The molecule has 0 aliphatic rings. The van der Waals surface area contributed by atoms with E-state index >= 15 is 0 Å². The lowest BCUT2D eigenvalue weighted by Gasteiger charge is -2.01. The van der Waals surface area contributed by atoms with Gasteiger partial charge in [0.15, 0.2) is 11.5 Å². The first kappa shape index (κ1) is 14.9. The number of nitrogens with one attached hydrogen (secondary N) is 2. The van der Waals surface area contributed by atoms with Gasteiger partial charge >= 0.3 is 0 Å². The van der Waals surface area contributed by atoms with Crippen LogP contribution in [0.5, 0.6) is 0 Å². The van der Waals surface area contributed by atoms with E-state index in [1.807, 2.05) is 42.5 Å². The van der Waals surface area contributed by atoms with Crippen LogP contribution in [0.2, 0.25) is 0 Å². The third-order valence-electron chi connectivity index (χ3n) is 3.79. The van der Waals surface area contributed by atoms with Crippen LogP contribution in [0.25, 0.3) is 22.2 Å². The van der Waals surface area contributed by atoms with Crippen molar-refractivity contribution in [2.45, 2.75) is 0 Å². The number of hydrazone groups is 1. The predicted octanol–water partition coefficient (Wildman–Crippen LogP) is 3.59. The third-order valence-corrected chi connectivity index (χ3v) is 3.79. The van der Waals surface area contributed by atoms with Gasteiger partial charge in [0.2, 0.25) is 0 Å². The molecule has 4 rings (SSSR count). The van der Waals surface area contributed by atoms with Crippen LogP contribution in [-0.2, 0) is 0 Å². The monoisotopic (exact) mass is 330 g/mol. The molecule has 0 fully saturated rings. The molecule has 2 N–H and O–H groups in total. The summed E-state index contributed by atoms with van der Waals surface area (Å²) in [5.41, 5.74) is 4.29. The van der Waals surface area contributed by atoms with E-state index in [0.29, 0.717) is 11.5 Å². The Balaban J connectivity index is 1.49. The lowest BCUT2D eigenvalue weighted by Crippen LogP contribution is -2.18. The summed E-state index contributed by atoms with van der Waals surface area (Å²) in [6.07, 6.45) is 3.19. The number of rotatable bonds is 4. The SMILES string of the molecule is O=C(N/N=C\c1cccc2ccccc12)c1cc(-c2ccco2)[nH]n1. The van der Waals surface area contributed by atoms with Gasteiger partial charge in [-0.3, -0.25) is 9.89 Å². The summed E-state index contributed by atoms with van der Waals surface area (Å²) in [7, 11) is 0. The van der Waals surface area contributed by atoms with Gasteiger partial charge in [-0.25, -0.2) is 5.43 Å². The Labute approximate surface area is 143 Å². The van der Waals surface area contributed by atoms with Gasteiger partial charge in [0.25, 0.3) is 5.91 Å². The van der Waals surface area contributed by atoms with Crippen LogP contribution in [0.15, 0.2) is 76.4 Å². The maximum Gasteiger partial charge on any atom is 0.291 e. The van der Waals surface area contributed by atoms with Crippen LogP contribution >= 0.6 is 0 Å². The van der Waals surface area contributed by atoms with Crippen molar-refractivity contribution in [3.63, 3.8) is 0 Å². The van der Waals surface area contributed by atoms with E-state index in [1.165, 1.54) is 0 Å². The minimum Gasteiger partial charge on any atom is -0.463 e. The number of aromatic nitrogens is 2. The number of furan rings is 1. The number of hydrogen-bond donors (Lipinski definition) is 2. The number of H-pyrrole nitrogens is 1. The molecule has 0 aliphatic heterocycles. The number of aromatic amines is 1. The Hall–Kier alpha value is -3.67. The molecule has 0 spiro atoms. The van der Waals surface area contributed by atoms with Crippen molar-refractivity contribution in [1.29, 1.82) is 0 Å². The summed E-state index contributed by atoms with van der Waals surface area (Å²) < 4.78 is 5.26. The summed E-state index contributed by atoms with van der Waals surface area (Å²) in [5.74, 6) is 0.219. The molecule has 6 nitrogen and oxygen atoms in total. The molecule has 6 heteroatoms. The smallest absolute Gasteiger partial charge is 0.291 e. The van der Waals surface area contributed by atoms with Crippen LogP contribution < -0.4 is 5.43 Å². The van der Waals surface area contributed by atoms with Crippen molar-refractivity contribution in [2.75, 3.05) is 0 Å². The van der Waals surface area contributed by atoms with E-state index < -0.39 is 5.91 Å².